The second-order valence-corrected chi connectivity index (χ2v) is 6.99. The van der Waals surface area contributed by atoms with E-state index in [0.29, 0.717) is 19.4 Å². The van der Waals surface area contributed by atoms with Crippen molar-refractivity contribution in [3.8, 4) is 5.75 Å². The molecule has 1 aliphatic carbocycles. The number of hydrogen-bond donors (Lipinski definition) is 2. The van der Waals surface area contributed by atoms with Gasteiger partial charge in [-0.2, -0.15) is 6.42 Å². The Kier molecular flexibility index (Phi) is 11.5. The molecular weight excluding hydrogens is 413 g/mol. The molecule has 0 saturated heterocycles. The van der Waals surface area contributed by atoms with Crippen molar-refractivity contribution in [1.82, 2.24) is 0 Å². The average molecular weight is 441 g/mol. The quantitative estimate of drug-likeness (QED) is 0.349. The molecule has 25 heavy (non-hydrogen) atoms. The molecule has 137 valence electrons. The fourth-order valence-corrected chi connectivity index (χ4v) is 3.76. The van der Waals surface area contributed by atoms with Crippen LogP contribution in [-0.2, 0) is 39.1 Å². The first-order valence-electron chi connectivity index (χ1n) is 8.74. The van der Waals surface area contributed by atoms with E-state index in [1.54, 1.807) is 0 Å². The van der Waals surface area contributed by atoms with Gasteiger partial charge in [-0.1, -0.05) is 30.7 Å². The van der Waals surface area contributed by atoms with Crippen LogP contribution < -0.4 is 4.74 Å². The van der Waals surface area contributed by atoms with Gasteiger partial charge in [0.25, 0.3) is 0 Å². The summed E-state index contributed by atoms with van der Waals surface area (Å²) in [6.45, 7) is 4.41. The number of unbranched alkanes of at least 4 members (excludes halogenated alkanes) is 1. The van der Waals surface area contributed by atoms with Crippen molar-refractivity contribution in [2.24, 2.45) is 11.8 Å². The summed E-state index contributed by atoms with van der Waals surface area (Å²) >= 11 is 6.44. The van der Waals surface area contributed by atoms with Crippen LogP contribution in [0, 0.1) is 18.8 Å². The third kappa shape index (κ3) is 7.30. The predicted molar refractivity (Wildman–Crippen MR) is 98.3 cm³/mol. The van der Waals surface area contributed by atoms with Gasteiger partial charge in [0, 0.05) is 50.6 Å². The van der Waals surface area contributed by atoms with E-state index in [2.05, 4.69) is 19.1 Å². The second kappa shape index (κ2) is 12.5. The molecule has 1 aromatic rings. The topological polar surface area (TPSA) is 49.7 Å². The van der Waals surface area contributed by atoms with E-state index in [4.69, 9.17) is 21.4 Å². The van der Waals surface area contributed by atoms with Gasteiger partial charge in [0.15, 0.2) is 0 Å². The summed E-state index contributed by atoms with van der Waals surface area (Å²) in [7, 11) is 0. The zero-order valence-electron chi connectivity index (χ0n) is 14.7. The molecule has 1 aromatic carbocycles. The molecule has 0 amide bonds. The minimum absolute atomic E-state index is 0. The van der Waals surface area contributed by atoms with Crippen molar-refractivity contribution in [3.63, 3.8) is 0 Å². The van der Waals surface area contributed by atoms with Gasteiger partial charge in [-0.25, -0.2) is 0 Å². The van der Waals surface area contributed by atoms with E-state index in [1.807, 2.05) is 24.3 Å². The van der Waals surface area contributed by atoms with Crippen molar-refractivity contribution in [1.29, 1.82) is 0 Å². The Morgan fingerprint density at radius 1 is 1.28 bits per heavy atom. The number of alkyl halides is 1. The average Bonchev–Trinajstić information content (AvgIpc) is 2.83. The second-order valence-electron chi connectivity index (χ2n) is 6.43. The summed E-state index contributed by atoms with van der Waals surface area (Å²) in [5.74, 6) is 1.04. The van der Waals surface area contributed by atoms with E-state index in [1.165, 1.54) is 0 Å². The standard InChI is InChI=1S/C20H28ClO3.Y/c1-2-3-4-5-9-17-18(20(23)13-19(17)21)14-24-16-8-6-7-15(12-16)10-11-22;/h4-8,12,17-20,22-23H,1-3,9-11,13-14H2;/q-1;/b5-4-;/t17-,18-,19-,20-;/m1./s1. The van der Waals surface area contributed by atoms with Gasteiger partial charge in [0.2, 0.25) is 0 Å². The fourth-order valence-electron chi connectivity index (χ4n) is 3.29. The Labute approximate surface area is 181 Å². The molecule has 1 radical (unpaired) electrons. The Bertz CT molecular complexity index is 523. The van der Waals surface area contributed by atoms with Crippen LogP contribution >= 0.6 is 11.6 Å². The third-order valence-electron chi connectivity index (χ3n) is 4.66. The molecule has 1 saturated carbocycles. The normalized spacial score (nSPS) is 25.9. The number of aliphatic hydroxyl groups excluding tert-OH is 2. The SMILES string of the molecule is [CH2-]CC/C=C\C[C@@H]1[C@@H](COc2cccc(CCO)c2)[C@H](O)C[C@H]1Cl.[Y]. The molecule has 0 unspecified atom stereocenters. The van der Waals surface area contributed by atoms with Gasteiger partial charge < -0.3 is 21.9 Å². The molecule has 2 N–H and O–H groups in total. The van der Waals surface area contributed by atoms with E-state index in [-0.39, 0.29) is 56.5 Å². The molecule has 0 aromatic heterocycles. The number of hydrogen-bond acceptors (Lipinski definition) is 3. The zero-order chi connectivity index (χ0) is 17.4. The minimum atomic E-state index is -0.417. The van der Waals surface area contributed by atoms with Crippen LogP contribution in [-0.4, -0.2) is 34.9 Å². The minimum Gasteiger partial charge on any atom is -0.493 e. The van der Waals surface area contributed by atoms with Gasteiger partial charge in [-0.05, 0) is 42.9 Å². The summed E-state index contributed by atoms with van der Waals surface area (Å²) in [4.78, 5) is 0. The van der Waals surface area contributed by atoms with Crippen molar-refractivity contribution in [3.05, 3.63) is 48.9 Å². The van der Waals surface area contributed by atoms with E-state index < -0.39 is 6.10 Å². The molecule has 0 aliphatic heterocycles. The van der Waals surface area contributed by atoms with Crippen molar-refractivity contribution >= 4 is 11.6 Å². The van der Waals surface area contributed by atoms with Crippen LogP contribution in [0.25, 0.3) is 0 Å². The van der Waals surface area contributed by atoms with Crippen LogP contribution in [0.4, 0.5) is 0 Å². The number of aliphatic hydroxyl groups is 2. The Hall–Kier alpha value is 0.0739. The van der Waals surface area contributed by atoms with Crippen LogP contribution in [0.2, 0.25) is 0 Å². The Morgan fingerprint density at radius 3 is 2.80 bits per heavy atom. The van der Waals surface area contributed by atoms with E-state index >= 15 is 0 Å². The summed E-state index contributed by atoms with van der Waals surface area (Å²) in [6, 6.07) is 7.75. The van der Waals surface area contributed by atoms with Gasteiger partial charge >= 0.3 is 0 Å². The monoisotopic (exact) mass is 440 g/mol. The number of ether oxygens (including phenoxy) is 1. The van der Waals surface area contributed by atoms with Crippen LogP contribution in [0.1, 0.15) is 31.2 Å². The summed E-state index contributed by atoms with van der Waals surface area (Å²) in [5, 5.41) is 19.3. The molecular formula is C20H28ClO3Y-. The molecule has 0 heterocycles. The summed E-state index contributed by atoms with van der Waals surface area (Å²) in [5.41, 5.74) is 1.05. The number of rotatable bonds is 9. The number of benzene rings is 1. The maximum atomic E-state index is 10.3. The van der Waals surface area contributed by atoms with Crippen LogP contribution in [0.3, 0.4) is 0 Å². The predicted octanol–water partition coefficient (Wildman–Crippen LogP) is 3.76. The number of halogens is 1. The van der Waals surface area contributed by atoms with E-state index in [0.717, 1.165) is 30.6 Å². The van der Waals surface area contributed by atoms with Crippen molar-refractivity contribution in [2.75, 3.05) is 13.2 Å². The first-order chi connectivity index (χ1) is 11.7. The largest absolute Gasteiger partial charge is 0.493 e. The van der Waals surface area contributed by atoms with E-state index in [9.17, 15) is 5.11 Å². The first-order valence-corrected chi connectivity index (χ1v) is 9.18. The summed E-state index contributed by atoms with van der Waals surface area (Å²) < 4.78 is 5.92. The molecule has 4 atom stereocenters. The van der Waals surface area contributed by atoms with Gasteiger partial charge in [-0.15, -0.1) is 11.6 Å². The maximum absolute atomic E-state index is 10.3. The number of allylic oxidation sites excluding steroid dienone is 2. The van der Waals surface area contributed by atoms with Gasteiger partial charge in [0.1, 0.15) is 5.75 Å². The Balaban J connectivity index is 0.00000312. The third-order valence-corrected chi connectivity index (χ3v) is 5.16. The van der Waals surface area contributed by atoms with Gasteiger partial charge in [0.05, 0.1) is 12.7 Å². The smallest absolute Gasteiger partial charge is 0.119 e. The molecule has 1 fully saturated rings. The Morgan fingerprint density at radius 2 is 2.08 bits per heavy atom. The summed E-state index contributed by atoms with van der Waals surface area (Å²) in [6.07, 6.45) is 7.84. The molecule has 0 bridgehead atoms. The zero-order valence-corrected chi connectivity index (χ0v) is 18.3. The molecule has 2 rings (SSSR count). The molecule has 0 spiro atoms. The van der Waals surface area contributed by atoms with Crippen molar-refractivity contribution in [2.45, 2.75) is 43.6 Å². The molecule has 1 aliphatic rings. The van der Waals surface area contributed by atoms with Crippen molar-refractivity contribution < 1.29 is 47.7 Å². The molecule has 5 heteroatoms. The van der Waals surface area contributed by atoms with Gasteiger partial charge in [-0.3, -0.25) is 0 Å². The van der Waals surface area contributed by atoms with Crippen LogP contribution in [0.5, 0.6) is 5.75 Å². The molecule has 3 nitrogen and oxygen atoms in total. The first kappa shape index (κ1) is 23.1. The fraction of sp³-hybridized carbons (Fsp3) is 0.550. The maximum Gasteiger partial charge on any atom is 0.119 e. The van der Waals surface area contributed by atoms with Crippen LogP contribution in [0.15, 0.2) is 36.4 Å².